The Kier molecular flexibility index (Phi) is 6.30. The molecule has 3 heteroatoms. The quantitative estimate of drug-likeness (QED) is 0.771. The number of hydrogen-bond acceptors (Lipinski definition) is 2. The van der Waals surface area contributed by atoms with E-state index in [1.807, 2.05) is 41.5 Å². The average Bonchev–Trinajstić information content (AvgIpc) is 3.17. The van der Waals surface area contributed by atoms with Gasteiger partial charge in [0, 0.05) is 22.7 Å². The van der Waals surface area contributed by atoms with Gasteiger partial charge in [0.25, 0.3) is 0 Å². The zero-order chi connectivity index (χ0) is 21.3. The number of Topliss-reactive ketones (excluding diaryl/α,β-unsaturated/α-hetero) is 1. The normalized spacial score (nSPS) is 22.9. The van der Waals surface area contributed by atoms with E-state index in [4.69, 9.17) is 6.42 Å². The van der Waals surface area contributed by atoms with Crippen molar-refractivity contribution in [1.29, 1.82) is 0 Å². The molecule has 27 heavy (non-hydrogen) atoms. The summed E-state index contributed by atoms with van der Waals surface area (Å²) in [7, 11) is 0. The molecule has 1 aliphatic carbocycles. The van der Waals surface area contributed by atoms with E-state index in [0.717, 1.165) is 0 Å². The van der Waals surface area contributed by atoms with E-state index in [1.165, 1.54) is 0 Å². The van der Waals surface area contributed by atoms with Crippen molar-refractivity contribution in [2.45, 2.75) is 74.3 Å². The highest BCUT2D eigenvalue weighted by molar-refractivity contribution is 6.00. The average molecular weight is 368 g/mol. The summed E-state index contributed by atoms with van der Waals surface area (Å²) in [5, 5.41) is 3.09. The lowest BCUT2D eigenvalue weighted by molar-refractivity contribution is -0.137. The highest BCUT2D eigenvalue weighted by Crippen LogP contribution is 2.56. The van der Waals surface area contributed by atoms with Gasteiger partial charge in [-0.2, -0.15) is 0 Å². The lowest BCUT2D eigenvalue weighted by Gasteiger charge is -2.33. The Morgan fingerprint density at radius 2 is 1.52 bits per heavy atom. The first-order chi connectivity index (χ1) is 12.1. The van der Waals surface area contributed by atoms with Gasteiger partial charge in [-0.15, -0.1) is 6.42 Å². The van der Waals surface area contributed by atoms with Crippen LogP contribution in [0.5, 0.6) is 0 Å². The standard InChI is InChI=1S/C24H33NO2/c1-11-12-13-14-15-17(21(2,3)4)18-16-24(18,19(26)22(5,6)7)25-20(27)23(8,9)10/h1,17-18H,16H2,2-10H3,(H,25,27)/t17-,18?,24+/m1/s1. The van der Waals surface area contributed by atoms with Crippen molar-refractivity contribution in [1.82, 2.24) is 5.32 Å². The van der Waals surface area contributed by atoms with Crippen molar-refractivity contribution in [3.8, 4) is 36.0 Å². The van der Waals surface area contributed by atoms with Crippen LogP contribution in [-0.4, -0.2) is 17.2 Å². The Bertz CT molecular complexity index is 770. The number of ketones is 1. The molecule has 0 bridgehead atoms. The van der Waals surface area contributed by atoms with Crippen LogP contribution in [-0.2, 0) is 9.59 Å². The Hall–Kier alpha value is -2.18. The van der Waals surface area contributed by atoms with Gasteiger partial charge in [-0.05, 0) is 35.5 Å². The third-order valence-corrected chi connectivity index (χ3v) is 4.88. The van der Waals surface area contributed by atoms with Crippen LogP contribution in [0.25, 0.3) is 0 Å². The van der Waals surface area contributed by atoms with Gasteiger partial charge in [-0.3, -0.25) is 9.59 Å². The first-order valence-electron chi connectivity index (χ1n) is 9.41. The van der Waals surface area contributed by atoms with Crippen molar-refractivity contribution in [2.75, 3.05) is 0 Å². The van der Waals surface area contributed by atoms with E-state index >= 15 is 0 Å². The predicted molar refractivity (Wildman–Crippen MR) is 110 cm³/mol. The predicted octanol–water partition coefficient (Wildman–Crippen LogP) is 3.82. The zero-order valence-electron chi connectivity index (χ0n) is 18.3. The first kappa shape index (κ1) is 22.9. The molecule has 0 spiro atoms. The van der Waals surface area contributed by atoms with E-state index in [-0.39, 0.29) is 28.9 Å². The Morgan fingerprint density at radius 1 is 0.963 bits per heavy atom. The van der Waals surface area contributed by atoms with Crippen LogP contribution in [0, 0.1) is 64.1 Å². The van der Waals surface area contributed by atoms with Gasteiger partial charge < -0.3 is 5.32 Å². The van der Waals surface area contributed by atoms with Gasteiger partial charge in [-0.25, -0.2) is 0 Å². The number of amides is 1. The van der Waals surface area contributed by atoms with Crippen LogP contribution in [0.4, 0.5) is 0 Å². The summed E-state index contributed by atoms with van der Waals surface area (Å²) in [5.74, 6) is 13.3. The second kappa shape index (κ2) is 7.44. The molecule has 1 N–H and O–H groups in total. The summed E-state index contributed by atoms with van der Waals surface area (Å²) in [6.45, 7) is 17.5. The molecule has 0 saturated heterocycles. The molecule has 1 aliphatic rings. The van der Waals surface area contributed by atoms with Gasteiger partial charge in [0.15, 0.2) is 5.78 Å². The third kappa shape index (κ3) is 5.40. The van der Waals surface area contributed by atoms with Gasteiger partial charge in [-0.1, -0.05) is 68.2 Å². The molecule has 0 radical (unpaired) electrons. The third-order valence-electron chi connectivity index (χ3n) is 4.88. The molecule has 1 unspecified atom stereocenters. The minimum absolute atomic E-state index is 0.0457. The molecule has 1 rings (SSSR count). The highest BCUT2D eigenvalue weighted by Gasteiger charge is 2.66. The maximum Gasteiger partial charge on any atom is 0.226 e. The lowest BCUT2D eigenvalue weighted by Crippen LogP contribution is -2.53. The van der Waals surface area contributed by atoms with Crippen molar-refractivity contribution < 1.29 is 9.59 Å². The van der Waals surface area contributed by atoms with E-state index in [1.54, 1.807) is 0 Å². The molecular formula is C24H33NO2. The fourth-order valence-electron chi connectivity index (χ4n) is 3.31. The molecule has 1 saturated carbocycles. The molecule has 1 fully saturated rings. The van der Waals surface area contributed by atoms with Crippen LogP contribution in [0.1, 0.15) is 68.7 Å². The minimum Gasteiger partial charge on any atom is -0.343 e. The molecule has 0 aromatic heterocycles. The smallest absolute Gasteiger partial charge is 0.226 e. The largest absolute Gasteiger partial charge is 0.343 e. The molecule has 3 nitrogen and oxygen atoms in total. The summed E-state index contributed by atoms with van der Waals surface area (Å²) in [6, 6.07) is 0. The number of hydrogen-bond donors (Lipinski definition) is 1. The number of carbonyl (C=O) groups excluding carboxylic acids is 2. The molecule has 146 valence electrons. The van der Waals surface area contributed by atoms with E-state index in [2.05, 4.69) is 55.7 Å². The van der Waals surface area contributed by atoms with Crippen LogP contribution >= 0.6 is 0 Å². The molecule has 0 heterocycles. The summed E-state index contributed by atoms with van der Waals surface area (Å²) in [4.78, 5) is 26.0. The molecule has 1 amide bonds. The maximum atomic E-state index is 13.3. The monoisotopic (exact) mass is 367 g/mol. The van der Waals surface area contributed by atoms with Gasteiger partial charge >= 0.3 is 0 Å². The van der Waals surface area contributed by atoms with Crippen LogP contribution in [0.15, 0.2) is 0 Å². The van der Waals surface area contributed by atoms with Gasteiger partial charge in [0.1, 0.15) is 5.54 Å². The van der Waals surface area contributed by atoms with Gasteiger partial charge in [0.2, 0.25) is 5.91 Å². The van der Waals surface area contributed by atoms with Crippen molar-refractivity contribution in [2.24, 2.45) is 28.1 Å². The van der Waals surface area contributed by atoms with E-state index < -0.39 is 16.4 Å². The SMILES string of the molecule is C#CC#CC#C[C@H](C1C[C@@]1(NC(=O)C(C)(C)C)C(=O)C(C)(C)C)C(C)(C)C. The molecule has 0 aromatic carbocycles. The molecular weight excluding hydrogens is 334 g/mol. The second-order valence-corrected chi connectivity index (χ2v) is 10.6. The van der Waals surface area contributed by atoms with E-state index in [0.29, 0.717) is 6.42 Å². The molecule has 0 aromatic rings. The maximum absolute atomic E-state index is 13.3. The number of nitrogens with one attached hydrogen (secondary N) is 1. The Morgan fingerprint density at radius 3 is 1.93 bits per heavy atom. The Labute approximate surface area is 165 Å². The Balaban J connectivity index is 3.35. The summed E-state index contributed by atoms with van der Waals surface area (Å²) in [5.41, 5.74) is -2.16. The molecule has 0 aliphatic heterocycles. The summed E-state index contributed by atoms with van der Waals surface area (Å²) >= 11 is 0. The van der Waals surface area contributed by atoms with Crippen molar-refractivity contribution in [3.63, 3.8) is 0 Å². The van der Waals surface area contributed by atoms with Crippen LogP contribution in [0.2, 0.25) is 0 Å². The highest BCUT2D eigenvalue weighted by atomic mass is 16.2. The van der Waals surface area contributed by atoms with Crippen LogP contribution in [0.3, 0.4) is 0 Å². The van der Waals surface area contributed by atoms with Crippen molar-refractivity contribution >= 4 is 11.7 Å². The van der Waals surface area contributed by atoms with Crippen molar-refractivity contribution in [3.05, 3.63) is 0 Å². The number of terminal acetylenes is 1. The number of carbonyl (C=O) groups is 2. The summed E-state index contributed by atoms with van der Waals surface area (Å²) < 4.78 is 0. The zero-order valence-corrected chi connectivity index (χ0v) is 18.3. The fourth-order valence-corrected chi connectivity index (χ4v) is 3.31. The van der Waals surface area contributed by atoms with Crippen LogP contribution < -0.4 is 5.32 Å². The molecule has 3 atom stereocenters. The minimum atomic E-state index is -0.866. The number of rotatable bonds is 3. The van der Waals surface area contributed by atoms with Gasteiger partial charge in [0.05, 0.1) is 0 Å². The topological polar surface area (TPSA) is 46.2 Å². The van der Waals surface area contributed by atoms with E-state index in [9.17, 15) is 9.59 Å². The lowest BCUT2D eigenvalue weighted by atomic mass is 9.74. The first-order valence-corrected chi connectivity index (χ1v) is 9.41. The second-order valence-electron chi connectivity index (χ2n) is 10.6. The fraction of sp³-hybridized carbons (Fsp3) is 0.667. The summed E-state index contributed by atoms with van der Waals surface area (Å²) in [6.07, 6.45) is 5.75.